The topological polar surface area (TPSA) is 69.5 Å². The SMILES string of the molecule is COc1ccc(Cl)c2sc(N(CCCn3ccnc3)C(=O)c3ccc(OC(C)C)cc3)nc12.Cl. The number of ether oxygens (including phenoxy) is 2. The first-order valence-electron chi connectivity index (χ1n) is 10.6. The highest BCUT2D eigenvalue weighted by Gasteiger charge is 2.23. The molecule has 1 amide bonds. The molecule has 2 heterocycles. The fourth-order valence-electron chi connectivity index (χ4n) is 3.44. The fourth-order valence-corrected chi connectivity index (χ4v) is 4.72. The second-order valence-corrected chi connectivity index (χ2v) is 9.11. The maximum Gasteiger partial charge on any atom is 0.260 e. The molecule has 0 aliphatic carbocycles. The van der Waals surface area contributed by atoms with Crippen molar-refractivity contribution in [2.75, 3.05) is 18.6 Å². The van der Waals surface area contributed by atoms with Crippen LogP contribution in [0.4, 0.5) is 5.13 Å². The van der Waals surface area contributed by atoms with E-state index in [0.29, 0.717) is 33.5 Å². The Morgan fingerprint density at radius 1 is 1.21 bits per heavy atom. The number of carbonyl (C=O) groups excluding carboxylic acids is 1. The molecule has 0 saturated heterocycles. The summed E-state index contributed by atoms with van der Waals surface area (Å²) in [5, 5.41) is 1.16. The van der Waals surface area contributed by atoms with Crippen LogP contribution in [0.1, 0.15) is 30.6 Å². The second kappa shape index (κ2) is 11.6. The van der Waals surface area contributed by atoms with Gasteiger partial charge in [-0.2, -0.15) is 0 Å². The molecule has 7 nitrogen and oxygen atoms in total. The smallest absolute Gasteiger partial charge is 0.260 e. The number of thiazole rings is 1. The Morgan fingerprint density at radius 3 is 2.62 bits per heavy atom. The third-order valence-corrected chi connectivity index (χ3v) is 6.51. The van der Waals surface area contributed by atoms with Gasteiger partial charge in [-0.3, -0.25) is 9.69 Å². The summed E-state index contributed by atoms with van der Waals surface area (Å²) >= 11 is 7.80. The minimum Gasteiger partial charge on any atom is -0.494 e. The number of aromatic nitrogens is 3. The van der Waals surface area contributed by atoms with Gasteiger partial charge in [0.05, 0.1) is 29.3 Å². The summed E-state index contributed by atoms with van der Waals surface area (Å²) in [7, 11) is 1.59. The van der Waals surface area contributed by atoms with Crippen molar-refractivity contribution >= 4 is 56.6 Å². The number of rotatable bonds is 9. The number of anilines is 1. The Labute approximate surface area is 213 Å². The van der Waals surface area contributed by atoms with Crippen molar-refractivity contribution in [3.05, 3.63) is 65.7 Å². The number of hydrogen-bond donors (Lipinski definition) is 0. The van der Waals surface area contributed by atoms with E-state index in [1.807, 2.05) is 36.7 Å². The van der Waals surface area contributed by atoms with Crippen molar-refractivity contribution < 1.29 is 14.3 Å². The first-order chi connectivity index (χ1) is 16.0. The van der Waals surface area contributed by atoms with Crippen LogP contribution in [0, 0.1) is 0 Å². The monoisotopic (exact) mass is 520 g/mol. The molecule has 34 heavy (non-hydrogen) atoms. The van der Waals surface area contributed by atoms with E-state index in [1.54, 1.807) is 48.8 Å². The first kappa shape index (κ1) is 25.8. The van der Waals surface area contributed by atoms with Crippen LogP contribution >= 0.6 is 35.3 Å². The van der Waals surface area contributed by atoms with Crippen molar-refractivity contribution in [2.24, 2.45) is 0 Å². The van der Waals surface area contributed by atoms with E-state index in [4.69, 9.17) is 26.1 Å². The molecular formula is C24H26Cl2N4O3S. The standard InChI is InChI=1S/C24H25ClN4O3S.ClH/c1-16(2)32-18-7-5-17(6-8-18)23(30)29(13-4-12-28-14-11-26-15-28)24-27-21-20(31-3)10-9-19(25)22(21)33-24;/h5-11,14-16H,4,12-13H2,1-3H3;1H. The molecule has 0 N–H and O–H groups in total. The fraction of sp³-hybridized carbons (Fsp3) is 0.292. The number of halogens is 2. The van der Waals surface area contributed by atoms with Gasteiger partial charge in [0.15, 0.2) is 5.13 Å². The van der Waals surface area contributed by atoms with E-state index in [-0.39, 0.29) is 24.4 Å². The zero-order valence-corrected chi connectivity index (χ0v) is 21.5. The van der Waals surface area contributed by atoms with Crippen LogP contribution in [-0.4, -0.2) is 40.2 Å². The van der Waals surface area contributed by atoms with E-state index in [2.05, 4.69) is 4.98 Å². The Hall–Kier alpha value is -2.81. The number of fused-ring (bicyclic) bond motifs is 1. The molecule has 0 aliphatic heterocycles. The number of methoxy groups -OCH3 is 1. The second-order valence-electron chi connectivity index (χ2n) is 7.73. The van der Waals surface area contributed by atoms with Crippen molar-refractivity contribution in [3.63, 3.8) is 0 Å². The lowest BCUT2D eigenvalue weighted by atomic mass is 10.2. The number of nitrogens with zero attached hydrogens (tertiary/aromatic N) is 4. The van der Waals surface area contributed by atoms with Crippen LogP contribution in [-0.2, 0) is 6.54 Å². The van der Waals surface area contributed by atoms with Gasteiger partial charge in [-0.25, -0.2) is 9.97 Å². The van der Waals surface area contributed by atoms with E-state index < -0.39 is 0 Å². The first-order valence-corrected chi connectivity index (χ1v) is 11.8. The van der Waals surface area contributed by atoms with E-state index >= 15 is 0 Å². The molecule has 0 radical (unpaired) electrons. The minimum atomic E-state index is -0.133. The molecule has 4 aromatic rings. The van der Waals surface area contributed by atoms with Crippen LogP contribution in [0.3, 0.4) is 0 Å². The van der Waals surface area contributed by atoms with Crippen LogP contribution in [0.2, 0.25) is 5.02 Å². The Kier molecular flexibility index (Phi) is 8.77. The largest absolute Gasteiger partial charge is 0.494 e. The summed E-state index contributed by atoms with van der Waals surface area (Å²) in [6, 6.07) is 10.8. The highest BCUT2D eigenvalue weighted by Crippen LogP contribution is 2.39. The summed E-state index contributed by atoms with van der Waals surface area (Å²) < 4.78 is 13.9. The summed E-state index contributed by atoms with van der Waals surface area (Å²) in [6.07, 6.45) is 6.21. The zero-order valence-electron chi connectivity index (χ0n) is 19.1. The molecule has 0 saturated carbocycles. The molecule has 0 aliphatic rings. The van der Waals surface area contributed by atoms with Crippen LogP contribution in [0.25, 0.3) is 10.2 Å². The molecule has 4 rings (SSSR count). The lowest BCUT2D eigenvalue weighted by Crippen LogP contribution is -2.32. The van der Waals surface area contributed by atoms with Gasteiger partial charge in [0.25, 0.3) is 5.91 Å². The molecule has 2 aromatic heterocycles. The lowest BCUT2D eigenvalue weighted by Gasteiger charge is -2.20. The molecule has 0 atom stereocenters. The molecule has 180 valence electrons. The van der Waals surface area contributed by atoms with Crippen molar-refractivity contribution in [2.45, 2.75) is 32.9 Å². The van der Waals surface area contributed by atoms with Gasteiger partial charge in [-0.1, -0.05) is 22.9 Å². The van der Waals surface area contributed by atoms with Gasteiger partial charge in [-0.15, -0.1) is 12.4 Å². The molecule has 0 spiro atoms. The average Bonchev–Trinajstić information content (AvgIpc) is 3.47. The summed E-state index contributed by atoms with van der Waals surface area (Å²) in [4.78, 5) is 24.1. The Balaban J connectivity index is 0.00000324. The molecule has 0 bridgehead atoms. The number of amides is 1. The van der Waals surface area contributed by atoms with Gasteiger partial charge < -0.3 is 14.0 Å². The third kappa shape index (κ3) is 5.81. The van der Waals surface area contributed by atoms with Gasteiger partial charge in [0, 0.05) is 31.0 Å². The van der Waals surface area contributed by atoms with E-state index in [9.17, 15) is 4.79 Å². The Morgan fingerprint density at radius 2 is 1.97 bits per heavy atom. The lowest BCUT2D eigenvalue weighted by molar-refractivity contribution is 0.0986. The maximum absolute atomic E-state index is 13.6. The Bertz CT molecular complexity index is 1230. The molecule has 0 fully saturated rings. The average molecular weight is 521 g/mol. The number of benzene rings is 2. The van der Waals surface area contributed by atoms with Crippen molar-refractivity contribution in [3.8, 4) is 11.5 Å². The summed E-state index contributed by atoms with van der Waals surface area (Å²) in [5.41, 5.74) is 1.21. The number of imidazole rings is 1. The zero-order chi connectivity index (χ0) is 23.4. The predicted octanol–water partition coefficient (Wildman–Crippen LogP) is 6.10. The molecule has 10 heteroatoms. The highest BCUT2D eigenvalue weighted by molar-refractivity contribution is 7.23. The summed E-state index contributed by atoms with van der Waals surface area (Å²) in [5.74, 6) is 1.22. The van der Waals surface area contributed by atoms with Crippen LogP contribution in [0.5, 0.6) is 11.5 Å². The van der Waals surface area contributed by atoms with E-state index in [1.165, 1.54) is 11.3 Å². The van der Waals surface area contributed by atoms with E-state index in [0.717, 1.165) is 23.4 Å². The summed E-state index contributed by atoms with van der Waals surface area (Å²) in [6.45, 7) is 5.15. The van der Waals surface area contributed by atoms with Gasteiger partial charge >= 0.3 is 0 Å². The third-order valence-electron chi connectivity index (χ3n) is 4.97. The maximum atomic E-state index is 13.6. The predicted molar refractivity (Wildman–Crippen MR) is 139 cm³/mol. The van der Waals surface area contributed by atoms with Gasteiger partial charge in [0.2, 0.25) is 0 Å². The molecular weight excluding hydrogens is 495 g/mol. The van der Waals surface area contributed by atoms with Crippen molar-refractivity contribution in [1.82, 2.24) is 14.5 Å². The number of hydrogen-bond acceptors (Lipinski definition) is 6. The molecule has 2 aromatic carbocycles. The highest BCUT2D eigenvalue weighted by atomic mass is 35.5. The number of aryl methyl sites for hydroxylation is 1. The quantitative estimate of drug-likeness (QED) is 0.266. The molecule has 0 unspecified atom stereocenters. The van der Waals surface area contributed by atoms with Crippen molar-refractivity contribution in [1.29, 1.82) is 0 Å². The van der Waals surface area contributed by atoms with Gasteiger partial charge in [0.1, 0.15) is 17.0 Å². The van der Waals surface area contributed by atoms with Gasteiger partial charge in [-0.05, 0) is 56.7 Å². The number of carbonyl (C=O) groups is 1. The van der Waals surface area contributed by atoms with Crippen LogP contribution < -0.4 is 14.4 Å². The van der Waals surface area contributed by atoms with Crippen LogP contribution in [0.15, 0.2) is 55.1 Å². The minimum absolute atomic E-state index is 0. The normalized spacial score (nSPS) is 10.9.